The molecule has 0 aromatic rings. The summed E-state index contributed by atoms with van der Waals surface area (Å²) in [6.45, 7) is 11.6. The van der Waals surface area contributed by atoms with Crippen LogP contribution in [0, 0.1) is 11.3 Å². The van der Waals surface area contributed by atoms with Gasteiger partial charge in [0.25, 0.3) is 0 Å². The molecule has 2 rings (SSSR count). The highest BCUT2D eigenvalue weighted by molar-refractivity contribution is 4.94. The van der Waals surface area contributed by atoms with Crippen LogP contribution in [-0.2, 0) is 4.74 Å². The average Bonchev–Trinajstić information content (AvgIpc) is 2.39. The summed E-state index contributed by atoms with van der Waals surface area (Å²) in [6.07, 6.45) is 10.6. The third-order valence-corrected chi connectivity index (χ3v) is 5.75. The van der Waals surface area contributed by atoms with Crippen molar-refractivity contribution in [1.29, 1.82) is 0 Å². The molecule has 2 aliphatic rings. The Bertz CT molecular complexity index is 288. The van der Waals surface area contributed by atoms with E-state index in [-0.39, 0.29) is 5.60 Å². The number of rotatable bonds is 5. The first-order chi connectivity index (χ1) is 9.47. The Morgan fingerprint density at radius 1 is 1.25 bits per heavy atom. The minimum absolute atomic E-state index is 0.250. The SMILES string of the molecule is CCNC(C)CC(C)(C)C1CCOC2(CCCCC2)C1. The molecule has 1 N–H and O–H groups in total. The number of hydrogen-bond acceptors (Lipinski definition) is 2. The van der Waals surface area contributed by atoms with Crippen molar-refractivity contribution in [2.75, 3.05) is 13.2 Å². The van der Waals surface area contributed by atoms with Crippen LogP contribution < -0.4 is 5.32 Å². The Hall–Kier alpha value is -0.0800. The van der Waals surface area contributed by atoms with Gasteiger partial charge in [-0.05, 0) is 56.9 Å². The molecule has 1 aliphatic carbocycles. The third kappa shape index (κ3) is 3.98. The molecule has 1 spiro atoms. The zero-order valence-electron chi connectivity index (χ0n) is 14.1. The monoisotopic (exact) mass is 281 g/mol. The molecule has 2 heteroatoms. The van der Waals surface area contributed by atoms with E-state index >= 15 is 0 Å². The lowest BCUT2D eigenvalue weighted by Gasteiger charge is -2.48. The normalized spacial score (nSPS) is 28.5. The Morgan fingerprint density at radius 3 is 2.60 bits per heavy atom. The van der Waals surface area contributed by atoms with E-state index in [1.165, 1.54) is 51.4 Å². The van der Waals surface area contributed by atoms with Gasteiger partial charge >= 0.3 is 0 Å². The number of hydrogen-bond donors (Lipinski definition) is 1. The highest BCUT2D eigenvalue weighted by Crippen LogP contribution is 2.47. The molecule has 0 aromatic heterocycles. The first kappa shape index (κ1) is 16.3. The van der Waals surface area contributed by atoms with Crippen molar-refractivity contribution >= 4 is 0 Å². The van der Waals surface area contributed by atoms with Gasteiger partial charge in [0.2, 0.25) is 0 Å². The molecule has 0 amide bonds. The van der Waals surface area contributed by atoms with Crippen LogP contribution in [-0.4, -0.2) is 24.8 Å². The van der Waals surface area contributed by atoms with Crippen molar-refractivity contribution in [1.82, 2.24) is 5.32 Å². The van der Waals surface area contributed by atoms with E-state index in [2.05, 4.69) is 33.0 Å². The fourth-order valence-corrected chi connectivity index (χ4v) is 4.62. The summed E-state index contributed by atoms with van der Waals surface area (Å²) < 4.78 is 6.27. The predicted molar refractivity (Wildman–Crippen MR) is 86.0 cm³/mol. The second-order valence-corrected chi connectivity index (χ2v) is 7.93. The van der Waals surface area contributed by atoms with E-state index in [4.69, 9.17) is 4.74 Å². The summed E-state index contributed by atoms with van der Waals surface area (Å²) in [5.41, 5.74) is 0.676. The van der Waals surface area contributed by atoms with Crippen LogP contribution >= 0.6 is 0 Å². The summed E-state index contributed by atoms with van der Waals surface area (Å²) in [6, 6.07) is 0.625. The predicted octanol–water partition coefficient (Wildman–Crippen LogP) is 4.53. The Balaban J connectivity index is 1.96. The van der Waals surface area contributed by atoms with Gasteiger partial charge in [0.1, 0.15) is 0 Å². The van der Waals surface area contributed by atoms with Crippen LogP contribution in [0.1, 0.15) is 79.1 Å². The first-order valence-corrected chi connectivity index (χ1v) is 8.85. The molecule has 2 atom stereocenters. The lowest BCUT2D eigenvalue weighted by Crippen LogP contribution is -2.46. The van der Waals surface area contributed by atoms with Gasteiger partial charge in [0, 0.05) is 12.6 Å². The van der Waals surface area contributed by atoms with Gasteiger partial charge in [-0.1, -0.05) is 40.0 Å². The van der Waals surface area contributed by atoms with Crippen molar-refractivity contribution in [3.05, 3.63) is 0 Å². The Labute approximate surface area is 126 Å². The second-order valence-electron chi connectivity index (χ2n) is 7.93. The maximum Gasteiger partial charge on any atom is 0.0685 e. The second kappa shape index (κ2) is 6.79. The first-order valence-electron chi connectivity index (χ1n) is 8.85. The van der Waals surface area contributed by atoms with Gasteiger partial charge in [-0.15, -0.1) is 0 Å². The molecule has 0 radical (unpaired) electrons. The molecule has 2 nitrogen and oxygen atoms in total. The topological polar surface area (TPSA) is 21.3 Å². The molecule has 2 unspecified atom stereocenters. The van der Waals surface area contributed by atoms with Crippen LogP contribution in [0.2, 0.25) is 0 Å². The molecule has 1 saturated heterocycles. The van der Waals surface area contributed by atoms with E-state index in [9.17, 15) is 0 Å². The van der Waals surface area contributed by atoms with E-state index in [1.807, 2.05) is 0 Å². The van der Waals surface area contributed by atoms with Gasteiger partial charge in [-0.25, -0.2) is 0 Å². The minimum atomic E-state index is 0.250. The summed E-state index contributed by atoms with van der Waals surface area (Å²) in [4.78, 5) is 0. The van der Waals surface area contributed by atoms with E-state index < -0.39 is 0 Å². The lowest BCUT2D eigenvalue weighted by molar-refractivity contribution is -0.135. The molecule has 1 aliphatic heterocycles. The molecule has 20 heavy (non-hydrogen) atoms. The van der Waals surface area contributed by atoms with Crippen molar-refractivity contribution in [2.24, 2.45) is 11.3 Å². The summed E-state index contributed by atoms with van der Waals surface area (Å²) in [5.74, 6) is 0.829. The average molecular weight is 281 g/mol. The Kier molecular flexibility index (Phi) is 5.53. The summed E-state index contributed by atoms with van der Waals surface area (Å²) in [5, 5.41) is 3.58. The Morgan fingerprint density at radius 2 is 1.95 bits per heavy atom. The molecule has 2 fully saturated rings. The smallest absolute Gasteiger partial charge is 0.0685 e. The van der Waals surface area contributed by atoms with Gasteiger partial charge < -0.3 is 10.1 Å². The van der Waals surface area contributed by atoms with Crippen LogP contribution in [0.15, 0.2) is 0 Å². The van der Waals surface area contributed by atoms with Crippen molar-refractivity contribution in [3.8, 4) is 0 Å². The molecule has 1 heterocycles. The largest absolute Gasteiger partial charge is 0.375 e. The highest BCUT2D eigenvalue weighted by atomic mass is 16.5. The van der Waals surface area contributed by atoms with Crippen LogP contribution in [0.25, 0.3) is 0 Å². The van der Waals surface area contributed by atoms with E-state index in [0.29, 0.717) is 11.5 Å². The lowest BCUT2D eigenvalue weighted by atomic mass is 9.65. The third-order valence-electron chi connectivity index (χ3n) is 5.75. The zero-order chi connectivity index (χ0) is 14.6. The fraction of sp³-hybridized carbons (Fsp3) is 1.00. The maximum atomic E-state index is 6.27. The zero-order valence-corrected chi connectivity index (χ0v) is 14.1. The van der Waals surface area contributed by atoms with Gasteiger partial charge in [-0.2, -0.15) is 0 Å². The minimum Gasteiger partial charge on any atom is -0.375 e. The highest BCUT2D eigenvalue weighted by Gasteiger charge is 2.43. The maximum absolute atomic E-state index is 6.27. The number of ether oxygens (including phenoxy) is 1. The van der Waals surface area contributed by atoms with E-state index in [0.717, 1.165) is 19.1 Å². The molecule has 118 valence electrons. The van der Waals surface area contributed by atoms with Crippen LogP contribution in [0.3, 0.4) is 0 Å². The van der Waals surface area contributed by atoms with E-state index in [1.54, 1.807) is 0 Å². The molecular weight excluding hydrogens is 246 g/mol. The van der Waals surface area contributed by atoms with Crippen molar-refractivity contribution < 1.29 is 4.74 Å². The van der Waals surface area contributed by atoms with Gasteiger partial charge in [0.15, 0.2) is 0 Å². The standard InChI is InChI=1S/C18H35NO/c1-5-19-15(2)13-17(3,4)16-9-12-20-18(14-16)10-7-6-8-11-18/h15-16,19H,5-14H2,1-4H3. The number of nitrogens with one attached hydrogen (secondary N) is 1. The summed E-state index contributed by atoms with van der Waals surface area (Å²) >= 11 is 0. The van der Waals surface area contributed by atoms with Crippen LogP contribution in [0.5, 0.6) is 0 Å². The van der Waals surface area contributed by atoms with Crippen molar-refractivity contribution in [3.63, 3.8) is 0 Å². The quantitative estimate of drug-likeness (QED) is 0.799. The van der Waals surface area contributed by atoms with Gasteiger partial charge in [0.05, 0.1) is 5.60 Å². The molecule has 0 bridgehead atoms. The fourth-order valence-electron chi connectivity index (χ4n) is 4.62. The van der Waals surface area contributed by atoms with Crippen LogP contribution in [0.4, 0.5) is 0 Å². The molecular formula is C18H35NO. The molecule has 0 aromatic carbocycles. The molecule has 1 saturated carbocycles. The van der Waals surface area contributed by atoms with Crippen molar-refractivity contribution in [2.45, 2.75) is 90.7 Å². The van der Waals surface area contributed by atoms with Gasteiger partial charge in [-0.3, -0.25) is 0 Å². The summed E-state index contributed by atoms with van der Waals surface area (Å²) in [7, 11) is 0.